The lowest BCUT2D eigenvalue weighted by molar-refractivity contribution is -0.123. The SMILES string of the molecule is CCc1ccc(-c2csc(NC(=O)[C@@H](C)OC(=O)c3cccnc3)n2)cc1. The van der Waals surface area contributed by atoms with Crippen LogP contribution in [0.25, 0.3) is 11.3 Å². The summed E-state index contributed by atoms with van der Waals surface area (Å²) in [5.74, 6) is -1.03. The minimum Gasteiger partial charge on any atom is -0.449 e. The number of esters is 1. The van der Waals surface area contributed by atoms with Crippen LogP contribution in [-0.4, -0.2) is 27.9 Å². The second-order valence-electron chi connectivity index (χ2n) is 5.87. The number of ether oxygens (including phenoxy) is 1. The molecule has 2 heterocycles. The molecule has 0 aliphatic rings. The number of pyridine rings is 1. The van der Waals surface area contributed by atoms with Crippen LogP contribution in [0.2, 0.25) is 0 Å². The number of hydrogen-bond acceptors (Lipinski definition) is 6. The van der Waals surface area contributed by atoms with Crippen LogP contribution in [0.15, 0.2) is 54.2 Å². The van der Waals surface area contributed by atoms with Crippen molar-refractivity contribution in [3.8, 4) is 11.3 Å². The fourth-order valence-electron chi connectivity index (χ4n) is 2.35. The zero-order valence-electron chi connectivity index (χ0n) is 15.0. The molecule has 0 spiro atoms. The van der Waals surface area contributed by atoms with E-state index in [0.29, 0.717) is 10.7 Å². The van der Waals surface area contributed by atoms with Gasteiger partial charge < -0.3 is 4.74 Å². The Balaban J connectivity index is 1.60. The molecule has 0 aliphatic heterocycles. The van der Waals surface area contributed by atoms with Gasteiger partial charge in [-0.25, -0.2) is 9.78 Å². The molecule has 1 amide bonds. The van der Waals surface area contributed by atoms with E-state index in [9.17, 15) is 9.59 Å². The summed E-state index contributed by atoms with van der Waals surface area (Å²) in [6.45, 7) is 3.62. The Labute approximate surface area is 161 Å². The van der Waals surface area contributed by atoms with Gasteiger partial charge in [0.1, 0.15) is 0 Å². The lowest BCUT2D eigenvalue weighted by Gasteiger charge is -2.12. The molecule has 0 radical (unpaired) electrons. The maximum atomic E-state index is 12.3. The number of carbonyl (C=O) groups is 2. The summed E-state index contributed by atoms with van der Waals surface area (Å²) in [5, 5.41) is 5.02. The van der Waals surface area contributed by atoms with Crippen LogP contribution in [-0.2, 0) is 16.0 Å². The van der Waals surface area contributed by atoms with Gasteiger partial charge in [-0.2, -0.15) is 0 Å². The first-order chi connectivity index (χ1) is 13.1. The summed E-state index contributed by atoms with van der Waals surface area (Å²) in [7, 11) is 0. The predicted molar refractivity (Wildman–Crippen MR) is 105 cm³/mol. The number of rotatable bonds is 6. The van der Waals surface area contributed by atoms with Crippen LogP contribution in [0.5, 0.6) is 0 Å². The highest BCUT2D eigenvalue weighted by molar-refractivity contribution is 7.14. The number of nitrogens with zero attached hydrogens (tertiary/aromatic N) is 2. The van der Waals surface area contributed by atoms with Gasteiger partial charge in [-0.05, 0) is 31.0 Å². The molecular weight excluding hydrogens is 362 g/mol. The third kappa shape index (κ3) is 4.77. The fourth-order valence-corrected chi connectivity index (χ4v) is 3.07. The summed E-state index contributed by atoms with van der Waals surface area (Å²) in [6.07, 6.45) is 2.98. The first-order valence-electron chi connectivity index (χ1n) is 8.53. The lowest BCUT2D eigenvalue weighted by Crippen LogP contribution is -2.30. The van der Waals surface area contributed by atoms with E-state index in [1.165, 1.54) is 30.0 Å². The van der Waals surface area contributed by atoms with Gasteiger partial charge in [0.15, 0.2) is 11.2 Å². The Bertz CT molecular complexity index is 923. The van der Waals surface area contributed by atoms with Crippen molar-refractivity contribution in [1.82, 2.24) is 9.97 Å². The maximum Gasteiger partial charge on any atom is 0.340 e. The van der Waals surface area contributed by atoms with Gasteiger partial charge in [0.2, 0.25) is 0 Å². The number of amides is 1. The van der Waals surface area contributed by atoms with E-state index in [4.69, 9.17) is 4.74 Å². The smallest absolute Gasteiger partial charge is 0.340 e. The van der Waals surface area contributed by atoms with Gasteiger partial charge in [-0.3, -0.25) is 15.1 Å². The first kappa shape index (κ1) is 18.7. The molecule has 2 aromatic heterocycles. The van der Waals surface area contributed by atoms with Crippen molar-refractivity contribution < 1.29 is 14.3 Å². The Morgan fingerprint density at radius 1 is 1.22 bits per heavy atom. The molecule has 1 atom stereocenters. The van der Waals surface area contributed by atoms with E-state index >= 15 is 0 Å². The van der Waals surface area contributed by atoms with E-state index < -0.39 is 18.0 Å². The summed E-state index contributed by atoms with van der Waals surface area (Å²) in [5.41, 5.74) is 3.33. The van der Waals surface area contributed by atoms with Crippen LogP contribution < -0.4 is 5.32 Å². The Morgan fingerprint density at radius 2 is 2.00 bits per heavy atom. The van der Waals surface area contributed by atoms with Crippen molar-refractivity contribution >= 4 is 28.3 Å². The standard InChI is InChI=1S/C20H19N3O3S/c1-3-14-6-8-15(9-7-14)17-12-27-20(22-17)23-18(24)13(2)26-19(25)16-5-4-10-21-11-16/h4-13H,3H2,1-2H3,(H,22,23,24)/t13-/m1/s1. The van der Waals surface area contributed by atoms with E-state index in [0.717, 1.165) is 17.7 Å². The number of aromatic nitrogens is 2. The second kappa shape index (κ2) is 8.55. The zero-order valence-corrected chi connectivity index (χ0v) is 15.8. The average molecular weight is 381 g/mol. The Morgan fingerprint density at radius 3 is 2.67 bits per heavy atom. The van der Waals surface area contributed by atoms with Gasteiger partial charge in [0, 0.05) is 23.3 Å². The summed E-state index contributed by atoms with van der Waals surface area (Å²) < 4.78 is 5.17. The first-order valence-corrected chi connectivity index (χ1v) is 9.41. The van der Waals surface area contributed by atoms with Crippen LogP contribution in [0.3, 0.4) is 0 Å². The van der Waals surface area contributed by atoms with Crippen molar-refractivity contribution in [3.63, 3.8) is 0 Å². The van der Waals surface area contributed by atoms with Crippen molar-refractivity contribution in [3.05, 3.63) is 65.3 Å². The quantitative estimate of drug-likeness (QED) is 0.654. The average Bonchev–Trinajstić information content (AvgIpc) is 3.17. The van der Waals surface area contributed by atoms with E-state index in [1.807, 2.05) is 17.5 Å². The van der Waals surface area contributed by atoms with Crippen molar-refractivity contribution in [2.45, 2.75) is 26.4 Å². The third-order valence-corrected chi connectivity index (χ3v) is 4.70. The number of benzene rings is 1. The molecule has 0 saturated heterocycles. The molecule has 3 aromatic rings. The van der Waals surface area contributed by atoms with Crippen LogP contribution in [0.4, 0.5) is 5.13 Å². The fraction of sp³-hybridized carbons (Fsp3) is 0.200. The van der Waals surface area contributed by atoms with Gasteiger partial charge in [0.05, 0.1) is 11.3 Å². The number of nitrogens with one attached hydrogen (secondary N) is 1. The van der Waals surface area contributed by atoms with Crippen LogP contribution in [0, 0.1) is 0 Å². The molecule has 0 unspecified atom stereocenters. The highest BCUT2D eigenvalue weighted by Crippen LogP contribution is 2.25. The van der Waals surface area contributed by atoms with Crippen molar-refractivity contribution in [1.29, 1.82) is 0 Å². The summed E-state index contributed by atoms with van der Waals surface area (Å²) in [6, 6.07) is 11.4. The van der Waals surface area contributed by atoms with Crippen LogP contribution in [0.1, 0.15) is 29.8 Å². The molecule has 138 valence electrons. The molecule has 7 heteroatoms. The minimum absolute atomic E-state index is 0.296. The highest BCUT2D eigenvalue weighted by Gasteiger charge is 2.20. The van der Waals surface area contributed by atoms with Gasteiger partial charge in [0.25, 0.3) is 5.91 Å². The Kier molecular flexibility index (Phi) is 5.93. The largest absolute Gasteiger partial charge is 0.449 e. The molecule has 0 aliphatic carbocycles. The number of carbonyl (C=O) groups excluding carboxylic acids is 2. The summed E-state index contributed by atoms with van der Waals surface area (Å²) >= 11 is 1.32. The van der Waals surface area contributed by atoms with Gasteiger partial charge >= 0.3 is 5.97 Å². The molecule has 1 aromatic carbocycles. The molecule has 0 bridgehead atoms. The van der Waals surface area contributed by atoms with Crippen molar-refractivity contribution in [2.24, 2.45) is 0 Å². The van der Waals surface area contributed by atoms with Gasteiger partial charge in [-0.1, -0.05) is 31.2 Å². The second-order valence-corrected chi connectivity index (χ2v) is 6.72. The monoisotopic (exact) mass is 381 g/mol. The summed E-state index contributed by atoms with van der Waals surface area (Å²) in [4.78, 5) is 32.6. The van der Waals surface area contributed by atoms with E-state index in [1.54, 1.807) is 18.3 Å². The minimum atomic E-state index is -0.950. The number of anilines is 1. The molecule has 6 nitrogen and oxygen atoms in total. The number of hydrogen-bond donors (Lipinski definition) is 1. The molecule has 27 heavy (non-hydrogen) atoms. The zero-order chi connectivity index (χ0) is 19.2. The third-order valence-electron chi connectivity index (χ3n) is 3.94. The molecule has 1 N–H and O–H groups in total. The van der Waals surface area contributed by atoms with Crippen molar-refractivity contribution in [2.75, 3.05) is 5.32 Å². The molecule has 0 saturated carbocycles. The predicted octanol–water partition coefficient (Wildman–Crippen LogP) is 3.95. The molecule has 0 fully saturated rings. The van der Waals surface area contributed by atoms with Gasteiger partial charge in [-0.15, -0.1) is 11.3 Å². The Hall–Kier alpha value is -3.06. The maximum absolute atomic E-state index is 12.3. The normalized spacial score (nSPS) is 11.6. The molecular formula is C20H19N3O3S. The lowest BCUT2D eigenvalue weighted by atomic mass is 10.1. The topological polar surface area (TPSA) is 81.2 Å². The van der Waals surface area contributed by atoms with E-state index in [-0.39, 0.29) is 0 Å². The molecule has 3 rings (SSSR count). The number of thiazole rings is 1. The number of aryl methyl sites for hydroxylation is 1. The highest BCUT2D eigenvalue weighted by atomic mass is 32.1. The van der Waals surface area contributed by atoms with E-state index in [2.05, 4.69) is 34.3 Å². The van der Waals surface area contributed by atoms with Crippen LogP contribution >= 0.6 is 11.3 Å².